The number of likely N-dealkylation sites (tertiary alicyclic amines) is 2. The molecule has 218 valence electrons. The Labute approximate surface area is 243 Å². The summed E-state index contributed by atoms with van der Waals surface area (Å²) in [6, 6.07) is 13.6. The highest BCUT2D eigenvalue weighted by Gasteiger charge is 2.34. The second-order valence-electron chi connectivity index (χ2n) is 11.5. The van der Waals surface area contributed by atoms with Crippen molar-refractivity contribution in [3.8, 4) is 5.69 Å². The van der Waals surface area contributed by atoms with Crippen LogP contribution in [-0.2, 0) is 4.79 Å². The fraction of sp³-hybridized carbons (Fsp3) is 0.364. The van der Waals surface area contributed by atoms with E-state index >= 15 is 0 Å². The van der Waals surface area contributed by atoms with E-state index < -0.39 is 17.6 Å². The van der Waals surface area contributed by atoms with Gasteiger partial charge in [0.25, 0.3) is 5.91 Å². The van der Waals surface area contributed by atoms with Crippen LogP contribution in [0.4, 0.5) is 8.78 Å². The topological polar surface area (TPSA) is 78.7 Å². The summed E-state index contributed by atoms with van der Waals surface area (Å²) < 4.78 is 30.2. The summed E-state index contributed by atoms with van der Waals surface area (Å²) in [7, 11) is 0. The van der Waals surface area contributed by atoms with Crippen molar-refractivity contribution < 1.29 is 23.5 Å². The minimum absolute atomic E-state index is 0.0291. The van der Waals surface area contributed by atoms with Crippen LogP contribution in [-0.4, -0.2) is 69.3 Å². The van der Waals surface area contributed by atoms with Crippen LogP contribution < -0.4 is 0 Å². The van der Waals surface area contributed by atoms with Crippen molar-refractivity contribution in [3.63, 3.8) is 0 Å². The molecule has 2 saturated heterocycles. The Morgan fingerprint density at radius 1 is 0.929 bits per heavy atom. The smallest absolute Gasteiger partial charge is 0.331 e. The predicted molar refractivity (Wildman–Crippen MR) is 155 cm³/mol. The molecule has 2 aliphatic heterocycles. The zero-order valence-corrected chi connectivity index (χ0v) is 23.4. The van der Waals surface area contributed by atoms with E-state index in [9.17, 15) is 23.5 Å². The van der Waals surface area contributed by atoms with E-state index in [4.69, 9.17) is 0 Å². The number of aliphatic carboxylic acids is 1. The third kappa shape index (κ3) is 5.79. The first-order chi connectivity index (χ1) is 20.4. The van der Waals surface area contributed by atoms with Gasteiger partial charge in [0.05, 0.1) is 17.5 Å². The van der Waals surface area contributed by atoms with Crippen molar-refractivity contribution >= 4 is 11.9 Å². The molecule has 9 heteroatoms. The van der Waals surface area contributed by atoms with Crippen molar-refractivity contribution in [2.75, 3.05) is 32.7 Å². The van der Waals surface area contributed by atoms with E-state index in [0.717, 1.165) is 51.4 Å². The summed E-state index contributed by atoms with van der Waals surface area (Å²) >= 11 is 0. The van der Waals surface area contributed by atoms with Crippen molar-refractivity contribution in [1.29, 1.82) is 0 Å². The lowest BCUT2D eigenvalue weighted by Gasteiger charge is -2.33. The summed E-state index contributed by atoms with van der Waals surface area (Å²) in [5, 5.41) is 13.7. The third-order valence-electron chi connectivity index (χ3n) is 8.83. The number of carboxylic acid groups (broad SMARTS) is 1. The molecule has 3 aromatic rings. The third-order valence-corrected chi connectivity index (χ3v) is 8.83. The van der Waals surface area contributed by atoms with E-state index in [1.165, 1.54) is 28.0 Å². The number of carboxylic acids is 1. The van der Waals surface area contributed by atoms with E-state index in [1.54, 1.807) is 12.3 Å². The Morgan fingerprint density at radius 2 is 1.69 bits per heavy atom. The highest BCUT2D eigenvalue weighted by Crippen LogP contribution is 2.35. The van der Waals surface area contributed by atoms with Gasteiger partial charge in [-0.05, 0) is 62.9 Å². The highest BCUT2D eigenvalue weighted by atomic mass is 19.1. The van der Waals surface area contributed by atoms with Gasteiger partial charge >= 0.3 is 5.97 Å². The number of allylic oxidation sites excluding steroid dienone is 2. The first-order valence-electron chi connectivity index (χ1n) is 14.6. The van der Waals surface area contributed by atoms with Crippen LogP contribution in [0.5, 0.6) is 0 Å². The molecule has 1 aromatic heterocycles. The lowest BCUT2D eigenvalue weighted by Crippen LogP contribution is -2.36. The first-order valence-corrected chi connectivity index (χ1v) is 14.6. The normalized spacial score (nSPS) is 20.0. The van der Waals surface area contributed by atoms with Crippen LogP contribution in [0.15, 0.2) is 78.0 Å². The monoisotopic (exact) mass is 572 g/mol. The summed E-state index contributed by atoms with van der Waals surface area (Å²) in [6.45, 7) is 3.58. The van der Waals surface area contributed by atoms with Crippen molar-refractivity contribution in [3.05, 3.63) is 106 Å². The zero-order chi connectivity index (χ0) is 29.2. The summed E-state index contributed by atoms with van der Waals surface area (Å²) in [5.74, 6) is -2.12. The maximum absolute atomic E-state index is 15.0. The SMILES string of the molecule is O=C(O)C1=CC=C(CN2CCC(c3c(C(=O)N4CCC(c5ccccc5)C4)cnn3-c3ccc(F)cc3F)CC2)CC1. The minimum atomic E-state index is -0.866. The Morgan fingerprint density at radius 3 is 2.38 bits per heavy atom. The molecule has 2 aromatic carbocycles. The summed E-state index contributed by atoms with van der Waals surface area (Å²) in [5.41, 5.74) is 4.14. The van der Waals surface area contributed by atoms with Crippen LogP contribution in [0, 0.1) is 11.6 Å². The fourth-order valence-electron chi connectivity index (χ4n) is 6.51. The molecule has 0 radical (unpaired) electrons. The Hall–Kier alpha value is -4.11. The Kier molecular flexibility index (Phi) is 8.02. The Bertz CT molecular complexity index is 1540. The molecule has 3 aliphatic rings. The lowest BCUT2D eigenvalue weighted by molar-refractivity contribution is -0.132. The average molecular weight is 573 g/mol. The molecule has 0 bridgehead atoms. The zero-order valence-electron chi connectivity index (χ0n) is 23.4. The second-order valence-corrected chi connectivity index (χ2v) is 11.5. The number of amides is 1. The molecule has 1 amide bonds. The van der Waals surface area contributed by atoms with Gasteiger partial charge in [0.15, 0.2) is 5.82 Å². The fourth-order valence-corrected chi connectivity index (χ4v) is 6.51. The Balaban J connectivity index is 1.23. The summed E-state index contributed by atoms with van der Waals surface area (Å²) in [6.07, 6.45) is 8.81. The van der Waals surface area contributed by atoms with Gasteiger partial charge in [0, 0.05) is 43.1 Å². The molecular formula is C33H34F2N4O3. The van der Waals surface area contributed by atoms with Gasteiger partial charge in [0.1, 0.15) is 11.5 Å². The number of rotatable bonds is 7. The largest absolute Gasteiger partial charge is 0.478 e. The molecular weight excluding hydrogens is 538 g/mol. The van der Waals surface area contributed by atoms with Crippen LogP contribution in [0.3, 0.4) is 0 Å². The van der Waals surface area contributed by atoms with E-state index in [0.29, 0.717) is 36.3 Å². The number of hydrogen-bond donors (Lipinski definition) is 1. The molecule has 6 rings (SSSR count). The van der Waals surface area contributed by atoms with Crippen LogP contribution in [0.1, 0.15) is 65.6 Å². The van der Waals surface area contributed by atoms with E-state index in [-0.39, 0.29) is 23.4 Å². The van der Waals surface area contributed by atoms with Crippen LogP contribution >= 0.6 is 0 Å². The second kappa shape index (κ2) is 12.0. The van der Waals surface area contributed by atoms with Crippen molar-refractivity contribution in [1.82, 2.24) is 19.6 Å². The summed E-state index contributed by atoms with van der Waals surface area (Å²) in [4.78, 5) is 29.4. The standard InChI is InChI=1S/C33H34F2N4O3/c34-27-10-11-30(29(35)18-27)39-31(24-12-15-37(16-13-24)20-22-6-8-25(9-7-22)33(41)42)28(19-36-39)32(40)38-17-14-26(21-38)23-4-2-1-3-5-23/h1-6,8,10-11,18-19,24,26H,7,9,12-17,20-21H2,(H,41,42). The predicted octanol–water partition coefficient (Wildman–Crippen LogP) is 5.69. The van der Waals surface area contributed by atoms with Crippen molar-refractivity contribution in [2.24, 2.45) is 0 Å². The molecule has 1 unspecified atom stereocenters. The number of carbonyl (C=O) groups is 2. The van der Waals surface area contributed by atoms with Gasteiger partial charge < -0.3 is 10.0 Å². The van der Waals surface area contributed by atoms with Crippen molar-refractivity contribution in [2.45, 2.75) is 43.9 Å². The number of halogens is 2. The molecule has 42 heavy (non-hydrogen) atoms. The number of carbonyl (C=O) groups excluding carboxylic acids is 1. The van der Waals surface area contributed by atoms with Crippen LogP contribution in [0.2, 0.25) is 0 Å². The molecule has 3 heterocycles. The van der Waals surface area contributed by atoms with Crippen LogP contribution in [0.25, 0.3) is 5.69 Å². The molecule has 1 atom stereocenters. The number of piperidine rings is 1. The molecule has 1 aliphatic carbocycles. The number of nitrogens with zero attached hydrogens (tertiary/aromatic N) is 4. The lowest BCUT2D eigenvalue weighted by atomic mass is 9.89. The number of benzene rings is 2. The quantitative estimate of drug-likeness (QED) is 0.394. The number of aromatic nitrogens is 2. The van der Waals surface area contributed by atoms with E-state index in [1.807, 2.05) is 29.2 Å². The van der Waals surface area contributed by atoms with E-state index in [2.05, 4.69) is 22.1 Å². The van der Waals surface area contributed by atoms with Gasteiger partial charge in [0.2, 0.25) is 0 Å². The maximum atomic E-state index is 15.0. The highest BCUT2D eigenvalue weighted by molar-refractivity contribution is 5.95. The average Bonchev–Trinajstić information content (AvgIpc) is 3.67. The van der Waals surface area contributed by atoms with Gasteiger partial charge in [-0.3, -0.25) is 9.69 Å². The molecule has 0 saturated carbocycles. The molecule has 7 nitrogen and oxygen atoms in total. The molecule has 0 spiro atoms. The molecule has 2 fully saturated rings. The van der Waals surface area contributed by atoms with Gasteiger partial charge in [-0.25, -0.2) is 18.3 Å². The minimum Gasteiger partial charge on any atom is -0.478 e. The molecule has 1 N–H and O–H groups in total. The van der Waals surface area contributed by atoms with Gasteiger partial charge in [-0.15, -0.1) is 0 Å². The number of hydrogen-bond acceptors (Lipinski definition) is 4. The van der Waals surface area contributed by atoms with Gasteiger partial charge in [-0.2, -0.15) is 5.10 Å². The van der Waals surface area contributed by atoms with Gasteiger partial charge in [-0.1, -0.05) is 48.1 Å². The maximum Gasteiger partial charge on any atom is 0.331 e. The first kappa shape index (κ1) is 28.0.